The molecule has 3 aromatic rings. The van der Waals surface area contributed by atoms with Crippen LogP contribution < -0.4 is 14.8 Å². The summed E-state index contributed by atoms with van der Waals surface area (Å²) < 4.78 is 12.4. The van der Waals surface area contributed by atoms with Gasteiger partial charge in [-0.15, -0.1) is 0 Å². The summed E-state index contributed by atoms with van der Waals surface area (Å²) in [6, 6.07) is 19.7. The molecule has 0 aromatic heterocycles. The molecule has 5 heteroatoms. The molecule has 4 nitrogen and oxygen atoms in total. The normalized spacial score (nSPS) is 20.4. The Bertz CT molecular complexity index is 1270. The topological polar surface area (TPSA) is 42.8 Å². The van der Waals surface area contributed by atoms with Gasteiger partial charge in [0.2, 0.25) is 0 Å². The summed E-state index contributed by atoms with van der Waals surface area (Å²) in [4.78, 5) is 4.73. The minimum Gasteiger partial charge on any atom is -0.493 e. The van der Waals surface area contributed by atoms with E-state index in [9.17, 15) is 0 Å². The van der Waals surface area contributed by atoms with E-state index >= 15 is 0 Å². The average Bonchev–Trinajstić information content (AvgIpc) is 3.37. The van der Waals surface area contributed by atoms with Gasteiger partial charge in [-0.05, 0) is 95.3 Å². The Labute approximate surface area is 221 Å². The van der Waals surface area contributed by atoms with Crippen LogP contribution in [0.2, 0.25) is 0 Å². The van der Waals surface area contributed by atoms with Crippen LogP contribution in [-0.2, 0) is 0 Å². The SMILES string of the molecule is CCCOc1c(I)cc(C=Nc2ccc([C@@H]3Nc4ccc(C)cc4[C@@H]4C=CC[C@H]43)cc2)cc1OC. The van der Waals surface area contributed by atoms with Crippen LogP contribution in [0.5, 0.6) is 11.5 Å². The maximum Gasteiger partial charge on any atom is 0.174 e. The predicted octanol–water partition coefficient (Wildman–Crippen LogP) is 7.97. The Kier molecular flexibility index (Phi) is 7.14. The number of fused-ring (bicyclic) bond motifs is 3. The zero-order valence-corrected chi connectivity index (χ0v) is 22.6. The lowest BCUT2D eigenvalue weighted by atomic mass is 9.76. The van der Waals surface area contributed by atoms with E-state index in [0.717, 1.165) is 39.2 Å². The van der Waals surface area contributed by atoms with Crippen LogP contribution >= 0.6 is 22.6 Å². The Morgan fingerprint density at radius 3 is 2.71 bits per heavy atom. The molecule has 1 N–H and O–H groups in total. The van der Waals surface area contributed by atoms with Gasteiger partial charge in [0.15, 0.2) is 11.5 Å². The van der Waals surface area contributed by atoms with Crippen molar-refractivity contribution in [3.8, 4) is 11.5 Å². The second-order valence-corrected chi connectivity index (χ2v) is 10.5. The average molecular weight is 578 g/mol. The number of nitrogens with one attached hydrogen (secondary N) is 1. The molecule has 0 saturated heterocycles. The van der Waals surface area contributed by atoms with E-state index in [2.05, 4.69) is 102 Å². The molecule has 35 heavy (non-hydrogen) atoms. The zero-order chi connectivity index (χ0) is 24.4. The number of halogens is 1. The van der Waals surface area contributed by atoms with E-state index in [4.69, 9.17) is 14.5 Å². The summed E-state index contributed by atoms with van der Waals surface area (Å²) >= 11 is 2.29. The molecular formula is C30H31IN2O2. The molecule has 0 radical (unpaired) electrons. The minimum absolute atomic E-state index is 0.296. The Morgan fingerprint density at radius 2 is 1.94 bits per heavy atom. The van der Waals surface area contributed by atoms with Gasteiger partial charge < -0.3 is 14.8 Å². The van der Waals surface area contributed by atoms with Crippen LogP contribution in [0.1, 0.15) is 54.0 Å². The molecule has 180 valence electrons. The zero-order valence-electron chi connectivity index (χ0n) is 20.4. The van der Waals surface area contributed by atoms with Crippen LogP contribution in [0, 0.1) is 16.4 Å². The molecule has 3 atom stereocenters. The second-order valence-electron chi connectivity index (χ2n) is 9.30. The first-order valence-electron chi connectivity index (χ1n) is 12.3. The number of allylic oxidation sites excluding steroid dienone is 2. The number of aryl methyl sites for hydroxylation is 1. The molecule has 0 bridgehead atoms. The summed E-state index contributed by atoms with van der Waals surface area (Å²) in [5.74, 6) is 2.56. The van der Waals surface area contributed by atoms with Crippen molar-refractivity contribution in [3.05, 3.63) is 92.6 Å². The van der Waals surface area contributed by atoms with Gasteiger partial charge in [0.05, 0.1) is 29.0 Å². The molecule has 1 aliphatic heterocycles. The number of ether oxygens (including phenoxy) is 2. The first-order valence-corrected chi connectivity index (χ1v) is 13.3. The fourth-order valence-corrected chi connectivity index (χ4v) is 5.90. The number of rotatable bonds is 7. The molecule has 0 unspecified atom stereocenters. The van der Waals surface area contributed by atoms with Gasteiger partial charge in [-0.25, -0.2) is 0 Å². The first-order chi connectivity index (χ1) is 17.1. The van der Waals surface area contributed by atoms with E-state index in [1.165, 1.54) is 22.4 Å². The van der Waals surface area contributed by atoms with Gasteiger partial charge in [0.25, 0.3) is 0 Å². The smallest absolute Gasteiger partial charge is 0.174 e. The van der Waals surface area contributed by atoms with Crippen molar-refractivity contribution in [1.82, 2.24) is 0 Å². The number of benzene rings is 3. The second kappa shape index (κ2) is 10.4. The van der Waals surface area contributed by atoms with E-state index in [0.29, 0.717) is 24.5 Å². The maximum absolute atomic E-state index is 5.87. The van der Waals surface area contributed by atoms with Crippen molar-refractivity contribution in [2.75, 3.05) is 19.0 Å². The number of nitrogens with zero attached hydrogens (tertiary/aromatic N) is 1. The van der Waals surface area contributed by atoms with E-state index in [1.807, 2.05) is 12.3 Å². The Balaban J connectivity index is 1.34. The number of methoxy groups -OCH3 is 1. The highest BCUT2D eigenvalue weighted by Crippen LogP contribution is 2.50. The van der Waals surface area contributed by atoms with E-state index in [-0.39, 0.29) is 0 Å². The van der Waals surface area contributed by atoms with Crippen molar-refractivity contribution in [2.45, 2.75) is 38.6 Å². The van der Waals surface area contributed by atoms with Gasteiger partial charge in [0, 0.05) is 17.8 Å². The lowest BCUT2D eigenvalue weighted by molar-refractivity contribution is 0.292. The van der Waals surface area contributed by atoms with E-state index in [1.54, 1.807) is 7.11 Å². The highest BCUT2D eigenvalue weighted by atomic mass is 127. The van der Waals surface area contributed by atoms with Crippen LogP contribution in [0.25, 0.3) is 0 Å². The van der Waals surface area contributed by atoms with E-state index < -0.39 is 0 Å². The fraction of sp³-hybridized carbons (Fsp3) is 0.300. The fourth-order valence-electron chi connectivity index (χ4n) is 5.12. The molecule has 2 aliphatic rings. The van der Waals surface area contributed by atoms with Crippen LogP contribution in [0.4, 0.5) is 11.4 Å². The van der Waals surface area contributed by atoms with Crippen molar-refractivity contribution < 1.29 is 9.47 Å². The van der Waals surface area contributed by atoms with Gasteiger partial charge in [-0.1, -0.05) is 48.9 Å². The maximum atomic E-state index is 5.87. The van der Waals surface area contributed by atoms with Gasteiger partial charge in [0.1, 0.15) is 0 Å². The summed E-state index contributed by atoms with van der Waals surface area (Å²) in [6.07, 6.45) is 8.68. The summed E-state index contributed by atoms with van der Waals surface area (Å²) in [5.41, 5.74) is 7.23. The number of hydrogen-bond donors (Lipinski definition) is 1. The van der Waals surface area contributed by atoms with Crippen molar-refractivity contribution in [2.24, 2.45) is 10.9 Å². The molecule has 0 fully saturated rings. The Morgan fingerprint density at radius 1 is 1.11 bits per heavy atom. The predicted molar refractivity (Wildman–Crippen MR) is 153 cm³/mol. The van der Waals surface area contributed by atoms with Crippen molar-refractivity contribution >= 4 is 40.2 Å². The van der Waals surface area contributed by atoms with Gasteiger partial charge in [-0.3, -0.25) is 4.99 Å². The van der Waals surface area contributed by atoms with Crippen LogP contribution in [-0.4, -0.2) is 19.9 Å². The third-order valence-corrected chi connectivity index (χ3v) is 7.64. The third-order valence-electron chi connectivity index (χ3n) is 6.84. The summed E-state index contributed by atoms with van der Waals surface area (Å²) in [6.45, 7) is 4.94. The van der Waals surface area contributed by atoms with Gasteiger partial charge >= 0.3 is 0 Å². The standard InChI is InChI=1S/C30H31IN2O2/c1-4-14-35-30-26(31)16-20(17-28(30)34-3)18-32-22-11-9-21(10-12-22)29-24-7-5-6-23(24)25-15-19(2)8-13-27(25)33-29/h5-6,8-13,15-18,23-24,29,33H,4,7,14H2,1-3H3/t23-,24-,29+/m1/s1. The minimum atomic E-state index is 0.296. The largest absolute Gasteiger partial charge is 0.493 e. The number of aliphatic imine (C=N–C) groups is 1. The summed E-state index contributed by atoms with van der Waals surface area (Å²) in [7, 11) is 1.67. The summed E-state index contributed by atoms with van der Waals surface area (Å²) in [5, 5.41) is 3.82. The molecule has 3 aromatic carbocycles. The number of hydrogen-bond acceptors (Lipinski definition) is 4. The van der Waals surface area contributed by atoms with Crippen LogP contribution in [0.15, 0.2) is 71.7 Å². The Hall–Kier alpha value is -2.80. The molecule has 1 aliphatic carbocycles. The van der Waals surface area contributed by atoms with Gasteiger partial charge in [-0.2, -0.15) is 0 Å². The highest BCUT2D eigenvalue weighted by molar-refractivity contribution is 14.1. The molecule has 0 saturated carbocycles. The molecule has 0 spiro atoms. The monoisotopic (exact) mass is 578 g/mol. The number of anilines is 1. The molecule has 1 heterocycles. The molecular weight excluding hydrogens is 547 g/mol. The lowest BCUT2D eigenvalue weighted by Crippen LogP contribution is -2.29. The van der Waals surface area contributed by atoms with Crippen molar-refractivity contribution in [3.63, 3.8) is 0 Å². The lowest BCUT2D eigenvalue weighted by Gasteiger charge is -2.37. The molecule has 0 amide bonds. The highest BCUT2D eigenvalue weighted by Gasteiger charge is 2.37. The first kappa shape index (κ1) is 23.9. The van der Waals surface area contributed by atoms with Crippen LogP contribution in [0.3, 0.4) is 0 Å². The molecule has 5 rings (SSSR count). The third kappa shape index (κ3) is 4.96. The van der Waals surface area contributed by atoms with Crippen molar-refractivity contribution in [1.29, 1.82) is 0 Å². The quantitative estimate of drug-likeness (QED) is 0.176.